The van der Waals surface area contributed by atoms with Crippen LogP contribution in [0.5, 0.6) is 0 Å². The molecule has 53 heavy (non-hydrogen) atoms. The lowest BCUT2D eigenvalue weighted by Gasteiger charge is -2.09. The molecule has 10 aromatic rings. The average molecular weight is 921 g/mol. The van der Waals surface area contributed by atoms with E-state index in [4.69, 9.17) is 0 Å². The summed E-state index contributed by atoms with van der Waals surface area (Å²) in [7, 11) is 4.17. The molecule has 0 fully saturated rings. The second-order valence-electron chi connectivity index (χ2n) is 12.4. The highest BCUT2D eigenvalue weighted by molar-refractivity contribution is 14.1. The Bertz CT molecular complexity index is 2640. The summed E-state index contributed by atoms with van der Waals surface area (Å²) in [4.78, 5) is 10.9. The van der Waals surface area contributed by atoms with Crippen LogP contribution in [0.15, 0.2) is 171 Å². The number of rotatable bonds is 4. The summed E-state index contributed by atoms with van der Waals surface area (Å²) in [5.74, 6) is 0. The molecule has 0 radical (unpaired) electrons. The molecule has 8 nitrogen and oxygen atoms in total. The van der Waals surface area contributed by atoms with Gasteiger partial charge in [0.25, 0.3) is 0 Å². The standard InChI is InChI=1S/C22H20N4.C20H14N4.CH3I.HI/c1-23-15-25(21-12-5-3-10-19(21)23)17-8-7-9-18(14-17)26-16-24(2)20-11-4-6-13-22(20)26;1-3-10-19-17(8-1)21-13-23(19)15-6-5-7-16(12-15)24-14-22-18-9-2-4-11-20(18)24;1-2;/h3-16H,1-2H3;1-14H;1H3;1H/q+2;;;. The number of alkyl halides is 1. The number of hydrogen-bond acceptors (Lipinski definition) is 2. The van der Waals surface area contributed by atoms with Crippen molar-refractivity contribution in [1.82, 2.24) is 28.2 Å². The number of aryl methyl sites for hydroxylation is 2. The molecule has 262 valence electrons. The third kappa shape index (κ3) is 6.84. The van der Waals surface area contributed by atoms with Gasteiger partial charge in [-0.15, -0.1) is 24.0 Å². The number of nitrogens with zero attached hydrogens (tertiary/aromatic N) is 8. The molecular formula is C43H38I2N8+2. The maximum Gasteiger partial charge on any atom is 0.249 e. The summed E-state index contributed by atoms with van der Waals surface area (Å²) in [6.45, 7) is 0. The first-order valence-electron chi connectivity index (χ1n) is 17.0. The second kappa shape index (κ2) is 15.7. The highest BCUT2D eigenvalue weighted by Crippen LogP contribution is 2.24. The van der Waals surface area contributed by atoms with Gasteiger partial charge in [-0.2, -0.15) is 9.13 Å². The summed E-state index contributed by atoms with van der Waals surface area (Å²) in [6, 6.07) is 50.3. The molecule has 4 heterocycles. The Morgan fingerprint density at radius 3 is 1.17 bits per heavy atom. The Morgan fingerprint density at radius 1 is 0.415 bits per heavy atom. The van der Waals surface area contributed by atoms with Crippen LogP contribution in [0.25, 0.3) is 66.9 Å². The van der Waals surface area contributed by atoms with Gasteiger partial charge in [0.15, 0.2) is 22.1 Å². The first kappa shape index (κ1) is 36.0. The normalized spacial score (nSPS) is 10.9. The van der Waals surface area contributed by atoms with Gasteiger partial charge in [-0.25, -0.2) is 19.1 Å². The Hall–Kier alpha value is -5.34. The summed E-state index contributed by atoms with van der Waals surface area (Å²) in [5, 5.41) is 0. The predicted molar refractivity (Wildman–Crippen MR) is 234 cm³/mol. The fraction of sp³-hybridized carbons (Fsp3) is 0.0698. The molecule has 0 aliphatic rings. The summed E-state index contributed by atoms with van der Waals surface area (Å²) >= 11 is 2.15. The molecule has 10 heteroatoms. The lowest BCUT2D eigenvalue weighted by Crippen LogP contribution is -2.25. The Kier molecular flexibility index (Phi) is 10.7. The number of halogens is 2. The first-order valence-corrected chi connectivity index (χ1v) is 19.1. The van der Waals surface area contributed by atoms with E-state index in [0.717, 1.165) is 44.8 Å². The minimum atomic E-state index is 0. The molecular weight excluding hydrogens is 882 g/mol. The number of imidazole rings is 4. The van der Waals surface area contributed by atoms with E-state index in [9.17, 15) is 0 Å². The van der Waals surface area contributed by atoms with Gasteiger partial charge in [0.05, 0.1) is 36.2 Å². The molecule has 0 aliphatic heterocycles. The van der Waals surface area contributed by atoms with E-state index in [1.165, 1.54) is 22.1 Å². The fourth-order valence-corrected chi connectivity index (χ4v) is 6.85. The van der Waals surface area contributed by atoms with Gasteiger partial charge < -0.3 is 0 Å². The molecule has 0 amide bonds. The molecule has 0 spiro atoms. The lowest BCUT2D eigenvalue weighted by atomic mass is 10.2. The fourth-order valence-electron chi connectivity index (χ4n) is 6.85. The Labute approximate surface area is 338 Å². The van der Waals surface area contributed by atoms with Crippen molar-refractivity contribution in [2.75, 3.05) is 4.93 Å². The van der Waals surface area contributed by atoms with E-state index in [1.54, 1.807) is 0 Å². The molecule has 0 saturated heterocycles. The van der Waals surface area contributed by atoms with Crippen LogP contribution in [0.3, 0.4) is 0 Å². The van der Waals surface area contributed by atoms with Gasteiger partial charge in [-0.3, -0.25) is 9.13 Å². The Balaban J connectivity index is 0.000000155. The molecule has 10 rings (SSSR count). The highest BCUT2D eigenvalue weighted by atomic mass is 127. The van der Waals surface area contributed by atoms with Crippen molar-refractivity contribution >= 4 is 90.7 Å². The molecule has 0 saturated carbocycles. The van der Waals surface area contributed by atoms with Crippen LogP contribution < -0.4 is 9.13 Å². The number of benzene rings is 6. The lowest BCUT2D eigenvalue weighted by molar-refractivity contribution is -0.645. The van der Waals surface area contributed by atoms with Gasteiger partial charge in [0.2, 0.25) is 12.7 Å². The zero-order valence-corrected chi connectivity index (χ0v) is 34.0. The van der Waals surface area contributed by atoms with Crippen LogP contribution in [-0.2, 0) is 14.1 Å². The van der Waals surface area contributed by atoms with Crippen LogP contribution in [0.2, 0.25) is 0 Å². The van der Waals surface area contributed by atoms with Crippen LogP contribution in [-0.4, -0.2) is 33.2 Å². The monoisotopic (exact) mass is 920 g/mol. The van der Waals surface area contributed by atoms with E-state index in [-0.39, 0.29) is 24.0 Å². The quantitative estimate of drug-likeness (QED) is 0.101. The topological polar surface area (TPSA) is 53.3 Å². The number of hydrogen-bond donors (Lipinski definition) is 0. The molecule has 6 aromatic carbocycles. The molecule has 0 aliphatic carbocycles. The largest absolute Gasteiger partial charge is 0.299 e. The van der Waals surface area contributed by atoms with Crippen LogP contribution in [0.1, 0.15) is 0 Å². The molecule has 0 N–H and O–H groups in total. The third-order valence-electron chi connectivity index (χ3n) is 9.30. The van der Waals surface area contributed by atoms with Crippen LogP contribution in [0, 0.1) is 0 Å². The van der Waals surface area contributed by atoms with E-state index < -0.39 is 0 Å². The van der Waals surface area contributed by atoms with Gasteiger partial charge >= 0.3 is 0 Å². The zero-order valence-electron chi connectivity index (χ0n) is 29.5. The summed E-state index contributed by atoms with van der Waals surface area (Å²) in [5.41, 5.74) is 13.5. The van der Waals surface area contributed by atoms with E-state index in [2.05, 4.69) is 196 Å². The van der Waals surface area contributed by atoms with Gasteiger partial charge in [-0.1, -0.05) is 83.3 Å². The van der Waals surface area contributed by atoms with E-state index in [0.29, 0.717) is 0 Å². The van der Waals surface area contributed by atoms with Crippen molar-refractivity contribution in [1.29, 1.82) is 0 Å². The van der Waals surface area contributed by atoms with Gasteiger partial charge in [-0.05, 0) is 83.8 Å². The molecule has 0 unspecified atom stereocenters. The SMILES string of the molecule is CI.C[n+]1cn(-c2cccc(-n3c[n+](C)c4ccccc43)c2)c2ccccc21.I.c1cc(-n2cnc3ccccc32)cc(-n2cnc3ccccc32)c1. The van der Waals surface area contributed by atoms with Gasteiger partial charge in [0.1, 0.15) is 24.0 Å². The maximum absolute atomic E-state index is 4.48. The van der Waals surface area contributed by atoms with Crippen molar-refractivity contribution in [2.24, 2.45) is 14.1 Å². The predicted octanol–water partition coefficient (Wildman–Crippen LogP) is 9.26. The highest BCUT2D eigenvalue weighted by Gasteiger charge is 2.18. The summed E-state index contributed by atoms with van der Waals surface area (Å²) in [6.07, 6.45) is 8.01. The van der Waals surface area contributed by atoms with Gasteiger partial charge in [0, 0.05) is 17.4 Å². The third-order valence-corrected chi connectivity index (χ3v) is 9.30. The zero-order chi connectivity index (χ0) is 35.6. The Morgan fingerprint density at radius 2 is 0.755 bits per heavy atom. The molecule has 0 atom stereocenters. The van der Waals surface area contributed by atoms with Crippen molar-refractivity contribution in [2.45, 2.75) is 0 Å². The van der Waals surface area contributed by atoms with Crippen molar-refractivity contribution in [3.8, 4) is 22.7 Å². The summed E-state index contributed by atoms with van der Waals surface area (Å²) < 4.78 is 13.0. The average Bonchev–Trinajstić information content (AvgIpc) is 4.00. The number of aromatic nitrogens is 8. The first-order chi connectivity index (χ1) is 25.6. The minimum absolute atomic E-state index is 0. The van der Waals surface area contributed by atoms with Crippen molar-refractivity contribution < 1.29 is 9.13 Å². The van der Waals surface area contributed by atoms with E-state index in [1.807, 2.05) is 54.0 Å². The minimum Gasteiger partial charge on any atom is -0.299 e. The van der Waals surface area contributed by atoms with E-state index >= 15 is 0 Å². The number of para-hydroxylation sites is 8. The van der Waals surface area contributed by atoms with Crippen LogP contribution >= 0.6 is 46.6 Å². The number of fused-ring (bicyclic) bond motifs is 4. The second-order valence-corrected chi connectivity index (χ2v) is 12.4. The smallest absolute Gasteiger partial charge is 0.249 e. The van der Waals surface area contributed by atoms with Crippen molar-refractivity contribution in [3.63, 3.8) is 0 Å². The molecule has 0 bridgehead atoms. The maximum atomic E-state index is 4.48. The molecule has 4 aromatic heterocycles. The van der Waals surface area contributed by atoms with Crippen LogP contribution in [0.4, 0.5) is 0 Å². The van der Waals surface area contributed by atoms with Crippen molar-refractivity contribution in [3.05, 3.63) is 171 Å².